The summed E-state index contributed by atoms with van der Waals surface area (Å²) in [6.07, 6.45) is 3.41. The minimum Gasteiger partial charge on any atom is -0.472 e. The lowest BCUT2D eigenvalue weighted by Gasteiger charge is -2.10. The molecule has 0 amide bonds. The van der Waals surface area contributed by atoms with Crippen LogP contribution in [0.25, 0.3) is 0 Å². The molecule has 0 fully saturated rings. The average Bonchev–Trinajstić information content (AvgIpc) is 2.76. The van der Waals surface area contributed by atoms with Crippen LogP contribution in [0.15, 0.2) is 33.9 Å². The van der Waals surface area contributed by atoms with Gasteiger partial charge in [0.15, 0.2) is 0 Å². The van der Waals surface area contributed by atoms with Crippen molar-refractivity contribution >= 4 is 11.3 Å². The van der Waals surface area contributed by atoms with E-state index in [-0.39, 0.29) is 6.04 Å². The number of nitrogens with zero attached hydrogens (tertiary/aromatic N) is 1. The van der Waals surface area contributed by atoms with Gasteiger partial charge in [-0.3, -0.25) is 0 Å². The number of rotatable bonds is 3. The monoisotopic (exact) mass is 194 g/mol. The lowest BCUT2D eigenvalue weighted by Crippen LogP contribution is -2.17. The van der Waals surface area contributed by atoms with Crippen molar-refractivity contribution in [2.45, 2.75) is 6.04 Å². The van der Waals surface area contributed by atoms with Crippen LogP contribution in [0.5, 0.6) is 0 Å². The first-order valence-electron chi connectivity index (χ1n) is 3.99. The van der Waals surface area contributed by atoms with Gasteiger partial charge in [-0.2, -0.15) is 0 Å². The summed E-state index contributed by atoms with van der Waals surface area (Å²) in [5.74, 6) is 0. The molecule has 0 spiro atoms. The largest absolute Gasteiger partial charge is 0.472 e. The summed E-state index contributed by atoms with van der Waals surface area (Å²) < 4.78 is 5.03. The number of nitrogens with one attached hydrogen (secondary N) is 1. The molecule has 2 rings (SSSR count). The molecule has 1 unspecified atom stereocenters. The van der Waals surface area contributed by atoms with Crippen LogP contribution >= 0.6 is 11.3 Å². The quantitative estimate of drug-likeness (QED) is 0.812. The Hall–Kier alpha value is -1.13. The van der Waals surface area contributed by atoms with Gasteiger partial charge in [-0.1, -0.05) is 0 Å². The second-order valence-corrected chi connectivity index (χ2v) is 3.41. The van der Waals surface area contributed by atoms with E-state index >= 15 is 0 Å². The van der Waals surface area contributed by atoms with Gasteiger partial charge >= 0.3 is 0 Å². The smallest absolute Gasteiger partial charge is 0.0954 e. The Bertz CT molecular complexity index is 307. The molecule has 1 N–H and O–H groups in total. The number of hydrogen-bond donors (Lipinski definition) is 1. The van der Waals surface area contributed by atoms with E-state index in [0.29, 0.717) is 0 Å². The SMILES string of the molecule is CNC(c1ccoc1)c1cscn1. The molecular weight excluding hydrogens is 184 g/mol. The predicted molar refractivity (Wildman–Crippen MR) is 51.7 cm³/mol. The van der Waals surface area contributed by atoms with Gasteiger partial charge in [-0.05, 0) is 13.1 Å². The molecule has 1 atom stereocenters. The molecule has 0 aliphatic heterocycles. The van der Waals surface area contributed by atoms with Crippen molar-refractivity contribution in [2.24, 2.45) is 0 Å². The fourth-order valence-electron chi connectivity index (χ4n) is 1.29. The van der Waals surface area contributed by atoms with Crippen LogP contribution in [-0.2, 0) is 0 Å². The summed E-state index contributed by atoms with van der Waals surface area (Å²) in [6, 6.07) is 2.09. The Balaban J connectivity index is 2.29. The Kier molecular flexibility index (Phi) is 2.42. The third-order valence-corrected chi connectivity index (χ3v) is 2.52. The maximum atomic E-state index is 5.03. The van der Waals surface area contributed by atoms with Crippen LogP contribution in [0.3, 0.4) is 0 Å². The molecule has 3 nitrogen and oxygen atoms in total. The topological polar surface area (TPSA) is 38.1 Å². The lowest BCUT2D eigenvalue weighted by atomic mass is 10.1. The first-order chi connectivity index (χ1) is 6.42. The zero-order valence-corrected chi connectivity index (χ0v) is 8.04. The highest BCUT2D eigenvalue weighted by atomic mass is 32.1. The van der Waals surface area contributed by atoms with Crippen molar-refractivity contribution in [3.05, 3.63) is 40.7 Å². The van der Waals surface area contributed by atoms with E-state index in [4.69, 9.17) is 4.42 Å². The van der Waals surface area contributed by atoms with Crippen LogP contribution in [0.1, 0.15) is 17.3 Å². The van der Waals surface area contributed by atoms with E-state index in [0.717, 1.165) is 11.3 Å². The maximum absolute atomic E-state index is 5.03. The van der Waals surface area contributed by atoms with Gasteiger partial charge in [-0.15, -0.1) is 11.3 Å². The molecule has 0 radical (unpaired) electrons. The fourth-order valence-corrected chi connectivity index (χ4v) is 1.87. The van der Waals surface area contributed by atoms with Gasteiger partial charge < -0.3 is 9.73 Å². The highest BCUT2D eigenvalue weighted by Gasteiger charge is 2.14. The van der Waals surface area contributed by atoms with Crippen molar-refractivity contribution < 1.29 is 4.42 Å². The zero-order chi connectivity index (χ0) is 9.10. The van der Waals surface area contributed by atoms with E-state index in [1.165, 1.54) is 0 Å². The molecule has 2 aromatic rings. The average molecular weight is 194 g/mol. The maximum Gasteiger partial charge on any atom is 0.0954 e. The molecule has 13 heavy (non-hydrogen) atoms. The van der Waals surface area contributed by atoms with E-state index < -0.39 is 0 Å². The molecule has 2 aromatic heterocycles. The van der Waals surface area contributed by atoms with Crippen molar-refractivity contribution in [3.8, 4) is 0 Å². The predicted octanol–water partition coefficient (Wildman–Crippen LogP) is 2.04. The first-order valence-corrected chi connectivity index (χ1v) is 4.93. The Morgan fingerprint density at radius 1 is 1.62 bits per heavy atom. The van der Waals surface area contributed by atoms with Crippen LogP contribution in [0.4, 0.5) is 0 Å². The molecule has 0 saturated heterocycles. The van der Waals surface area contributed by atoms with Gasteiger partial charge in [0.25, 0.3) is 0 Å². The van der Waals surface area contributed by atoms with Crippen molar-refractivity contribution in [3.63, 3.8) is 0 Å². The Morgan fingerprint density at radius 2 is 2.54 bits per heavy atom. The third kappa shape index (κ3) is 1.64. The van der Waals surface area contributed by atoms with Crippen LogP contribution in [-0.4, -0.2) is 12.0 Å². The van der Waals surface area contributed by atoms with Crippen LogP contribution < -0.4 is 5.32 Å². The number of hydrogen-bond acceptors (Lipinski definition) is 4. The summed E-state index contributed by atoms with van der Waals surface area (Å²) >= 11 is 1.60. The van der Waals surface area contributed by atoms with Gasteiger partial charge in [0.2, 0.25) is 0 Å². The molecule has 68 valence electrons. The molecule has 4 heteroatoms. The minimum atomic E-state index is 0.144. The van der Waals surface area contributed by atoms with Crippen LogP contribution in [0, 0.1) is 0 Å². The van der Waals surface area contributed by atoms with E-state index in [2.05, 4.69) is 10.3 Å². The Morgan fingerprint density at radius 3 is 3.08 bits per heavy atom. The third-order valence-electron chi connectivity index (χ3n) is 1.91. The fraction of sp³-hybridized carbons (Fsp3) is 0.222. The lowest BCUT2D eigenvalue weighted by molar-refractivity contribution is 0.556. The van der Waals surface area contributed by atoms with Gasteiger partial charge in [0.1, 0.15) is 0 Å². The number of thiazole rings is 1. The summed E-state index contributed by atoms with van der Waals surface area (Å²) in [5, 5.41) is 5.23. The van der Waals surface area contributed by atoms with Crippen molar-refractivity contribution in [1.82, 2.24) is 10.3 Å². The normalized spacial score (nSPS) is 13.0. The van der Waals surface area contributed by atoms with E-state index in [1.54, 1.807) is 23.9 Å². The molecule has 0 aliphatic carbocycles. The standard InChI is InChI=1S/C9H10N2OS/c1-10-9(7-2-3-12-4-7)8-5-13-6-11-8/h2-6,9-10H,1H3. The van der Waals surface area contributed by atoms with Gasteiger partial charge in [0.05, 0.1) is 29.8 Å². The zero-order valence-electron chi connectivity index (χ0n) is 7.23. The van der Waals surface area contributed by atoms with E-state index in [9.17, 15) is 0 Å². The first kappa shape index (κ1) is 8.47. The summed E-state index contributed by atoms with van der Waals surface area (Å²) in [4.78, 5) is 4.26. The highest BCUT2D eigenvalue weighted by Crippen LogP contribution is 2.21. The molecule has 0 bridgehead atoms. The highest BCUT2D eigenvalue weighted by molar-refractivity contribution is 7.07. The van der Waals surface area contributed by atoms with E-state index in [1.807, 2.05) is 24.0 Å². The van der Waals surface area contributed by atoms with Gasteiger partial charge in [-0.25, -0.2) is 4.98 Å². The second kappa shape index (κ2) is 3.72. The molecule has 0 aliphatic rings. The number of furan rings is 1. The molecule has 0 aromatic carbocycles. The minimum absolute atomic E-state index is 0.144. The van der Waals surface area contributed by atoms with Crippen LogP contribution in [0.2, 0.25) is 0 Å². The Labute approximate surface area is 80.4 Å². The van der Waals surface area contributed by atoms with Crippen molar-refractivity contribution in [1.29, 1.82) is 0 Å². The molecular formula is C9H10N2OS. The molecule has 0 saturated carbocycles. The summed E-state index contributed by atoms with van der Waals surface area (Å²) in [5.41, 5.74) is 3.97. The second-order valence-electron chi connectivity index (χ2n) is 2.69. The molecule has 2 heterocycles. The van der Waals surface area contributed by atoms with Gasteiger partial charge in [0, 0.05) is 10.9 Å². The summed E-state index contributed by atoms with van der Waals surface area (Å²) in [7, 11) is 1.91. The van der Waals surface area contributed by atoms with Crippen molar-refractivity contribution in [2.75, 3.05) is 7.05 Å². The number of aromatic nitrogens is 1. The summed E-state index contributed by atoms with van der Waals surface area (Å²) in [6.45, 7) is 0.